The van der Waals surface area contributed by atoms with Gasteiger partial charge in [0.25, 0.3) is 5.91 Å². The van der Waals surface area contributed by atoms with Gasteiger partial charge in [0.15, 0.2) is 0 Å². The fourth-order valence-corrected chi connectivity index (χ4v) is 5.16. The summed E-state index contributed by atoms with van der Waals surface area (Å²) in [5, 5.41) is 9.99. The van der Waals surface area contributed by atoms with Crippen molar-refractivity contribution < 1.29 is 9.59 Å². The molecule has 2 unspecified atom stereocenters. The predicted octanol–water partition coefficient (Wildman–Crippen LogP) is 3.44. The number of nitrogens with one attached hydrogen (secondary N) is 3. The lowest BCUT2D eigenvalue weighted by Gasteiger charge is -2.42. The molecular formula is C24H22N6O2. The Hall–Kier alpha value is -3.94. The molecule has 2 aromatic carbocycles. The summed E-state index contributed by atoms with van der Waals surface area (Å²) >= 11 is 0. The lowest BCUT2D eigenvalue weighted by Crippen LogP contribution is -2.49. The van der Waals surface area contributed by atoms with Crippen molar-refractivity contribution in [3.8, 4) is 11.1 Å². The SMILES string of the molecule is O=C(c1cccc2[nH]cnc12)N1CC2CCC2(C(=O)Nc2ccccc2-c2cn[nH]c2)C1. The van der Waals surface area contributed by atoms with Crippen molar-refractivity contribution in [2.45, 2.75) is 12.8 Å². The van der Waals surface area contributed by atoms with Gasteiger partial charge in [0, 0.05) is 36.1 Å². The van der Waals surface area contributed by atoms with Crippen LogP contribution in [0.25, 0.3) is 22.2 Å². The summed E-state index contributed by atoms with van der Waals surface area (Å²) < 4.78 is 0. The van der Waals surface area contributed by atoms with E-state index in [0.29, 0.717) is 24.2 Å². The van der Waals surface area contributed by atoms with E-state index in [1.165, 1.54) is 0 Å². The zero-order valence-electron chi connectivity index (χ0n) is 17.3. The molecule has 4 aromatic rings. The third-order valence-electron chi connectivity index (χ3n) is 7.04. The van der Waals surface area contributed by atoms with Gasteiger partial charge >= 0.3 is 0 Å². The second-order valence-electron chi connectivity index (χ2n) is 8.67. The van der Waals surface area contributed by atoms with E-state index in [9.17, 15) is 9.59 Å². The highest BCUT2D eigenvalue weighted by Gasteiger charge is 2.58. The zero-order chi connectivity index (χ0) is 21.7. The first-order chi connectivity index (χ1) is 15.7. The van der Waals surface area contributed by atoms with Gasteiger partial charge in [-0.05, 0) is 37.0 Å². The molecule has 2 fully saturated rings. The summed E-state index contributed by atoms with van der Waals surface area (Å²) in [7, 11) is 0. The first-order valence-corrected chi connectivity index (χ1v) is 10.8. The number of likely N-dealkylation sites (tertiary alicyclic amines) is 1. The van der Waals surface area contributed by atoms with Gasteiger partial charge in [-0.25, -0.2) is 4.98 Å². The van der Waals surface area contributed by atoms with Crippen LogP contribution < -0.4 is 5.32 Å². The van der Waals surface area contributed by atoms with Crippen molar-refractivity contribution in [1.82, 2.24) is 25.1 Å². The van der Waals surface area contributed by atoms with Gasteiger partial charge in [-0.1, -0.05) is 24.3 Å². The van der Waals surface area contributed by atoms with E-state index >= 15 is 0 Å². The van der Waals surface area contributed by atoms with Crippen LogP contribution in [0.4, 0.5) is 5.69 Å². The summed E-state index contributed by atoms with van der Waals surface area (Å²) in [5.41, 5.74) is 4.12. The number of aromatic amines is 2. The number of imidazole rings is 1. The van der Waals surface area contributed by atoms with Crippen LogP contribution in [0, 0.1) is 11.3 Å². The number of hydrogen-bond donors (Lipinski definition) is 3. The smallest absolute Gasteiger partial charge is 0.256 e. The first-order valence-electron chi connectivity index (χ1n) is 10.8. The van der Waals surface area contributed by atoms with Gasteiger partial charge in [-0.3, -0.25) is 14.7 Å². The highest BCUT2D eigenvalue weighted by molar-refractivity contribution is 6.06. The lowest BCUT2D eigenvalue weighted by molar-refractivity contribution is -0.132. The molecule has 2 aliphatic rings. The van der Waals surface area contributed by atoms with Gasteiger partial charge in [-0.2, -0.15) is 5.10 Å². The molecule has 2 atom stereocenters. The van der Waals surface area contributed by atoms with Crippen molar-refractivity contribution in [1.29, 1.82) is 0 Å². The van der Waals surface area contributed by atoms with Crippen molar-refractivity contribution in [3.05, 3.63) is 66.7 Å². The number of amides is 2. The van der Waals surface area contributed by atoms with Crippen LogP contribution in [-0.4, -0.2) is 50.0 Å². The van der Waals surface area contributed by atoms with Crippen molar-refractivity contribution in [2.24, 2.45) is 11.3 Å². The number of hydrogen-bond acceptors (Lipinski definition) is 4. The molecule has 8 nitrogen and oxygen atoms in total. The number of para-hydroxylation sites is 2. The zero-order valence-corrected chi connectivity index (χ0v) is 17.3. The maximum atomic E-state index is 13.5. The minimum Gasteiger partial charge on any atom is -0.345 e. The maximum Gasteiger partial charge on any atom is 0.256 e. The molecule has 32 heavy (non-hydrogen) atoms. The molecule has 1 saturated carbocycles. The molecule has 0 spiro atoms. The van der Waals surface area contributed by atoms with E-state index in [1.54, 1.807) is 24.8 Å². The number of fused-ring (bicyclic) bond motifs is 2. The summed E-state index contributed by atoms with van der Waals surface area (Å²) in [5.74, 6) is 0.0898. The third kappa shape index (κ3) is 2.76. The maximum absolute atomic E-state index is 13.5. The van der Waals surface area contributed by atoms with Crippen LogP contribution in [-0.2, 0) is 4.79 Å². The molecule has 1 saturated heterocycles. The number of nitrogens with zero attached hydrogens (tertiary/aromatic N) is 3. The van der Waals surface area contributed by atoms with Crippen LogP contribution in [0.5, 0.6) is 0 Å². The first kappa shape index (κ1) is 18.8. The second-order valence-corrected chi connectivity index (χ2v) is 8.67. The molecule has 0 bridgehead atoms. The van der Waals surface area contributed by atoms with Crippen LogP contribution in [0.2, 0.25) is 0 Å². The Balaban J connectivity index is 1.26. The van der Waals surface area contributed by atoms with E-state index < -0.39 is 5.41 Å². The monoisotopic (exact) mass is 426 g/mol. The number of benzene rings is 2. The van der Waals surface area contributed by atoms with E-state index in [4.69, 9.17) is 0 Å². The highest BCUT2D eigenvalue weighted by atomic mass is 16.2. The average molecular weight is 426 g/mol. The fourth-order valence-electron chi connectivity index (χ4n) is 5.16. The summed E-state index contributed by atoms with van der Waals surface area (Å²) in [6.45, 7) is 1.02. The second kappa shape index (κ2) is 7.05. The van der Waals surface area contributed by atoms with Crippen molar-refractivity contribution >= 4 is 28.5 Å². The Labute approximate surface area is 184 Å². The van der Waals surface area contributed by atoms with E-state index in [1.807, 2.05) is 41.3 Å². The average Bonchev–Trinajstić information content (AvgIpc) is 3.54. The molecule has 1 aliphatic heterocycles. The number of rotatable bonds is 4. The lowest BCUT2D eigenvalue weighted by atomic mass is 9.61. The molecule has 160 valence electrons. The normalized spacial score (nSPS) is 21.9. The van der Waals surface area contributed by atoms with Crippen LogP contribution in [0.1, 0.15) is 23.2 Å². The summed E-state index contributed by atoms with van der Waals surface area (Å²) in [6, 6.07) is 13.3. The molecular weight excluding hydrogens is 404 g/mol. The molecule has 2 amide bonds. The molecule has 3 N–H and O–H groups in total. The van der Waals surface area contributed by atoms with Crippen LogP contribution >= 0.6 is 0 Å². The number of anilines is 1. The molecule has 0 radical (unpaired) electrons. The quantitative estimate of drug-likeness (QED) is 0.465. The van der Waals surface area contributed by atoms with Crippen LogP contribution in [0.3, 0.4) is 0 Å². The van der Waals surface area contributed by atoms with Gasteiger partial charge < -0.3 is 15.2 Å². The molecule has 1 aliphatic carbocycles. The summed E-state index contributed by atoms with van der Waals surface area (Å²) in [4.78, 5) is 36.0. The molecule has 2 aromatic heterocycles. The topological polar surface area (TPSA) is 107 Å². The minimum atomic E-state index is -0.543. The number of H-pyrrole nitrogens is 2. The van der Waals surface area contributed by atoms with Crippen molar-refractivity contribution in [2.75, 3.05) is 18.4 Å². The molecule has 6 rings (SSSR count). The van der Waals surface area contributed by atoms with Gasteiger partial charge in [0.05, 0.1) is 29.0 Å². The van der Waals surface area contributed by atoms with E-state index in [2.05, 4.69) is 25.5 Å². The van der Waals surface area contributed by atoms with Crippen molar-refractivity contribution in [3.63, 3.8) is 0 Å². The van der Waals surface area contributed by atoms with Crippen LogP contribution in [0.15, 0.2) is 61.2 Å². The Morgan fingerprint density at radius 1 is 1.16 bits per heavy atom. The Morgan fingerprint density at radius 3 is 2.88 bits per heavy atom. The predicted molar refractivity (Wildman–Crippen MR) is 120 cm³/mol. The number of carbonyl (C=O) groups is 2. The number of carbonyl (C=O) groups excluding carboxylic acids is 2. The Kier molecular flexibility index (Phi) is 4.14. The molecule has 3 heterocycles. The number of aromatic nitrogens is 4. The van der Waals surface area contributed by atoms with Gasteiger partial charge in [0.2, 0.25) is 5.91 Å². The van der Waals surface area contributed by atoms with Gasteiger partial charge in [0.1, 0.15) is 5.52 Å². The van der Waals surface area contributed by atoms with E-state index in [-0.39, 0.29) is 17.7 Å². The summed E-state index contributed by atoms with van der Waals surface area (Å²) in [6.07, 6.45) is 6.88. The van der Waals surface area contributed by atoms with E-state index in [0.717, 1.165) is 35.2 Å². The standard InChI is InChI=1S/C24H22N6O2/c31-22(18-5-3-7-20-21(18)26-14-25-20)30-12-16-8-9-24(16,13-30)23(32)29-19-6-2-1-4-17(19)15-10-27-28-11-15/h1-7,10-11,14,16H,8-9,12-13H2,(H,25,26)(H,27,28)(H,29,32). The largest absolute Gasteiger partial charge is 0.345 e. The Bertz CT molecular complexity index is 1330. The minimum absolute atomic E-state index is 0.0158. The highest BCUT2D eigenvalue weighted by Crippen LogP contribution is 2.53. The third-order valence-corrected chi connectivity index (χ3v) is 7.04. The molecule has 8 heteroatoms. The van der Waals surface area contributed by atoms with Gasteiger partial charge in [-0.15, -0.1) is 0 Å². The Morgan fingerprint density at radius 2 is 2.06 bits per heavy atom. The fraction of sp³-hybridized carbons (Fsp3) is 0.250.